The molecule has 3 aliphatic rings. The first-order valence-electron chi connectivity index (χ1n) is 16.5. The van der Waals surface area contributed by atoms with E-state index in [1.54, 1.807) is 0 Å². The monoisotopic (exact) mass is 772 g/mol. The van der Waals surface area contributed by atoms with Crippen molar-refractivity contribution >= 4 is 11.0 Å². The van der Waals surface area contributed by atoms with Gasteiger partial charge in [-0.2, -0.15) is 0 Å². The van der Waals surface area contributed by atoms with Gasteiger partial charge in [-0.25, -0.2) is 0 Å². The van der Waals surface area contributed by atoms with Gasteiger partial charge in [0.05, 0.1) is 25.4 Å². The summed E-state index contributed by atoms with van der Waals surface area (Å²) in [7, 11) is 0. The summed E-state index contributed by atoms with van der Waals surface area (Å²) in [6, 6.07) is 5.31. The zero-order valence-electron chi connectivity index (χ0n) is 27.8. The van der Waals surface area contributed by atoms with Crippen molar-refractivity contribution in [1.82, 2.24) is 0 Å². The number of phenolic OH excluding ortho intramolecular Hbond substituents is 3. The zero-order chi connectivity index (χ0) is 39.3. The SMILES string of the molecule is O=c1cc(-c2ccc(O)c(OC3OC(CO)C(O)C(O)C3OC3OC(CO)C(O)C(O)C3O)c2)oc2cc(O)c(C3OC(CO)C(O)C(O)C3O)c(O)c12. The van der Waals surface area contributed by atoms with Crippen molar-refractivity contribution in [3.8, 4) is 34.3 Å². The van der Waals surface area contributed by atoms with Crippen LogP contribution in [0.5, 0.6) is 23.0 Å². The third kappa shape index (κ3) is 7.09. The summed E-state index contributed by atoms with van der Waals surface area (Å²) in [5.41, 5.74) is -1.79. The molecule has 3 fully saturated rings. The van der Waals surface area contributed by atoms with Crippen LogP contribution in [0, 0.1) is 0 Å². The van der Waals surface area contributed by atoms with E-state index >= 15 is 0 Å². The highest BCUT2D eigenvalue weighted by Gasteiger charge is 2.52. The molecule has 0 spiro atoms. The van der Waals surface area contributed by atoms with Gasteiger partial charge in [-0.05, 0) is 18.2 Å². The highest BCUT2D eigenvalue weighted by atomic mass is 16.8. The van der Waals surface area contributed by atoms with Crippen LogP contribution >= 0.6 is 0 Å². The Morgan fingerprint density at radius 1 is 0.611 bits per heavy atom. The van der Waals surface area contributed by atoms with Crippen molar-refractivity contribution in [2.24, 2.45) is 0 Å². The molecule has 6 rings (SSSR count). The van der Waals surface area contributed by atoms with Crippen LogP contribution in [0.2, 0.25) is 0 Å². The summed E-state index contributed by atoms with van der Waals surface area (Å²) in [5, 5.41) is 144. The highest BCUT2D eigenvalue weighted by Crippen LogP contribution is 2.45. The Morgan fingerprint density at radius 3 is 1.81 bits per heavy atom. The topological polar surface area (TPSA) is 360 Å². The van der Waals surface area contributed by atoms with Crippen molar-refractivity contribution in [2.75, 3.05) is 19.8 Å². The average molecular weight is 773 g/mol. The molecule has 21 heteroatoms. The molecule has 15 atom stereocenters. The minimum atomic E-state index is -1.94. The van der Waals surface area contributed by atoms with Crippen LogP contribution in [0.3, 0.4) is 0 Å². The summed E-state index contributed by atoms with van der Waals surface area (Å²) in [6.07, 6.45) is -26.3. The third-order valence-corrected chi connectivity index (χ3v) is 9.64. The van der Waals surface area contributed by atoms with E-state index in [-0.39, 0.29) is 16.9 Å². The number of aliphatic hydroxyl groups is 11. The van der Waals surface area contributed by atoms with Gasteiger partial charge in [0.1, 0.15) is 101 Å². The van der Waals surface area contributed by atoms with Crippen molar-refractivity contribution in [3.05, 3.63) is 46.1 Å². The summed E-state index contributed by atoms with van der Waals surface area (Å²) in [6.45, 7) is -2.45. The maximum atomic E-state index is 13.4. The Labute approximate surface area is 302 Å². The molecular weight excluding hydrogens is 732 g/mol. The molecule has 2 aromatic carbocycles. The lowest BCUT2D eigenvalue weighted by Crippen LogP contribution is -2.65. The molecule has 3 aromatic rings. The number of benzene rings is 2. The van der Waals surface area contributed by atoms with Gasteiger partial charge in [0.25, 0.3) is 0 Å². The van der Waals surface area contributed by atoms with Crippen LogP contribution < -0.4 is 10.2 Å². The quantitative estimate of drug-likeness (QED) is 0.0969. The van der Waals surface area contributed by atoms with Gasteiger partial charge < -0.3 is 99.6 Å². The molecule has 0 aliphatic carbocycles. The van der Waals surface area contributed by atoms with Crippen LogP contribution in [-0.4, -0.2) is 177 Å². The Kier molecular flexibility index (Phi) is 11.7. The van der Waals surface area contributed by atoms with E-state index in [4.69, 9.17) is 28.1 Å². The van der Waals surface area contributed by atoms with E-state index in [9.17, 15) is 76.3 Å². The standard InChI is InChI=1S/C33H40O21/c34-6-16-21(40)25(44)28(47)30(50-16)20-12(39)5-15-19(24(20)43)11(38)4-13(49-15)9-1-2-10(37)14(3-9)51-33-31(27(46)23(42)18(8-36)53-33)54-32-29(48)26(45)22(41)17(7-35)52-32/h1-5,16-18,21-23,25-37,39-48H,6-8H2. The normalized spacial score (nSPS) is 37.4. The number of fused-ring (bicyclic) bond motifs is 1. The van der Waals surface area contributed by atoms with Gasteiger partial charge in [0.2, 0.25) is 6.29 Å². The third-order valence-electron chi connectivity index (χ3n) is 9.64. The number of hydrogen-bond acceptors (Lipinski definition) is 21. The molecule has 15 unspecified atom stereocenters. The molecule has 54 heavy (non-hydrogen) atoms. The average Bonchev–Trinajstić information content (AvgIpc) is 3.14. The number of rotatable bonds is 9. The summed E-state index contributed by atoms with van der Waals surface area (Å²) < 4.78 is 33.6. The minimum absolute atomic E-state index is 0.0280. The number of hydrogen-bond donors (Lipinski definition) is 14. The molecular formula is C33H40O21. The summed E-state index contributed by atoms with van der Waals surface area (Å²) in [5.74, 6) is -2.87. The van der Waals surface area contributed by atoms with Crippen LogP contribution in [0.1, 0.15) is 11.7 Å². The lowest BCUT2D eigenvalue weighted by Gasteiger charge is -2.45. The molecule has 0 radical (unpaired) electrons. The van der Waals surface area contributed by atoms with Crippen molar-refractivity contribution in [2.45, 2.75) is 91.9 Å². The second-order valence-corrected chi connectivity index (χ2v) is 13.1. The van der Waals surface area contributed by atoms with Gasteiger partial charge in [-0.15, -0.1) is 0 Å². The molecule has 298 valence electrons. The molecule has 0 saturated carbocycles. The number of phenols is 3. The van der Waals surface area contributed by atoms with Crippen LogP contribution in [0.15, 0.2) is 39.5 Å². The Morgan fingerprint density at radius 2 is 1.19 bits per heavy atom. The number of ether oxygens (including phenoxy) is 5. The van der Waals surface area contributed by atoms with Crippen molar-refractivity contribution in [1.29, 1.82) is 0 Å². The fourth-order valence-electron chi connectivity index (χ4n) is 6.59. The molecule has 14 N–H and O–H groups in total. The lowest BCUT2D eigenvalue weighted by atomic mass is 9.89. The summed E-state index contributed by atoms with van der Waals surface area (Å²) in [4.78, 5) is 13.4. The fourth-order valence-corrected chi connectivity index (χ4v) is 6.59. The fraction of sp³-hybridized carbons (Fsp3) is 0.545. The first kappa shape index (κ1) is 39.9. The van der Waals surface area contributed by atoms with E-state index in [0.29, 0.717) is 0 Å². The van der Waals surface area contributed by atoms with Crippen LogP contribution in [0.4, 0.5) is 0 Å². The molecule has 4 heterocycles. The highest BCUT2D eigenvalue weighted by molar-refractivity contribution is 5.88. The number of aromatic hydroxyl groups is 3. The zero-order valence-corrected chi connectivity index (χ0v) is 27.8. The Balaban J connectivity index is 1.32. The van der Waals surface area contributed by atoms with E-state index in [0.717, 1.165) is 24.3 Å². The first-order chi connectivity index (χ1) is 25.6. The van der Waals surface area contributed by atoms with Crippen LogP contribution in [0.25, 0.3) is 22.3 Å². The van der Waals surface area contributed by atoms with Crippen molar-refractivity contribution in [3.63, 3.8) is 0 Å². The predicted molar refractivity (Wildman–Crippen MR) is 173 cm³/mol. The van der Waals surface area contributed by atoms with Crippen molar-refractivity contribution < 1.29 is 99.6 Å². The molecule has 1 aromatic heterocycles. The van der Waals surface area contributed by atoms with Gasteiger partial charge in [-0.3, -0.25) is 4.79 Å². The van der Waals surface area contributed by atoms with E-state index in [1.165, 1.54) is 6.07 Å². The lowest BCUT2D eigenvalue weighted by molar-refractivity contribution is -0.358. The summed E-state index contributed by atoms with van der Waals surface area (Å²) >= 11 is 0. The maximum Gasteiger partial charge on any atom is 0.229 e. The van der Waals surface area contributed by atoms with E-state index in [2.05, 4.69) is 0 Å². The van der Waals surface area contributed by atoms with Gasteiger partial charge >= 0.3 is 0 Å². The van der Waals surface area contributed by atoms with Gasteiger partial charge in [0, 0.05) is 17.7 Å². The molecule has 3 aliphatic heterocycles. The maximum absolute atomic E-state index is 13.4. The van der Waals surface area contributed by atoms with E-state index < -0.39 is 151 Å². The molecule has 3 saturated heterocycles. The first-order valence-corrected chi connectivity index (χ1v) is 16.5. The second-order valence-electron chi connectivity index (χ2n) is 13.1. The Bertz CT molecular complexity index is 1850. The molecule has 0 bridgehead atoms. The largest absolute Gasteiger partial charge is 0.507 e. The smallest absolute Gasteiger partial charge is 0.229 e. The Hall–Kier alpha value is -3.75. The second kappa shape index (κ2) is 15.8. The van der Waals surface area contributed by atoms with Gasteiger partial charge in [-0.1, -0.05) is 0 Å². The minimum Gasteiger partial charge on any atom is -0.507 e. The van der Waals surface area contributed by atoms with E-state index in [1.807, 2.05) is 0 Å². The molecule has 21 nitrogen and oxygen atoms in total. The van der Waals surface area contributed by atoms with Crippen LogP contribution in [-0.2, 0) is 18.9 Å². The number of aliphatic hydroxyl groups excluding tert-OH is 11. The predicted octanol–water partition coefficient (Wildman–Crippen LogP) is -4.91. The molecule has 0 amide bonds. The van der Waals surface area contributed by atoms with Gasteiger partial charge in [0.15, 0.2) is 29.3 Å².